The van der Waals surface area contributed by atoms with E-state index < -0.39 is 6.04 Å². The molecule has 0 radical (unpaired) electrons. The number of nitrogens with zero attached hydrogens (tertiary/aromatic N) is 1. The molecule has 2 heterocycles. The summed E-state index contributed by atoms with van der Waals surface area (Å²) in [4.78, 5) is 28.6. The van der Waals surface area contributed by atoms with E-state index in [9.17, 15) is 9.59 Å². The Balaban J connectivity index is 1.62. The van der Waals surface area contributed by atoms with E-state index >= 15 is 0 Å². The highest BCUT2D eigenvalue weighted by atomic mass is 32.1. The van der Waals surface area contributed by atoms with Crippen LogP contribution in [-0.4, -0.2) is 48.4 Å². The highest BCUT2D eigenvalue weighted by Crippen LogP contribution is 2.13. The van der Waals surface area contributed by atoms with E-state index in [0.29, 0.717) is 11.3 Å². The van der Waals surface area contributed by atoms with E-state index in [-0.39, 0.29) is 17.9 Å². The summed E-state index contributed by atoms with van der Waals surface area (Å²) >= 11 is 1.38. The maximum absolute atomic E-state index is 13.0. The molecule has 0 saturated carbocycles. The average Bonchev–Trinajstić information content (AvgIpc) is 3.25. The molecule has 0 bridgehead atoms. The van der Waals surface area contributed by atoms with Crippen LogP contribution in [0.3, 0.4) is 0 Å². The summed E-state index contributed by atoms with van der Waals surface area (Å²) in [6, 6.07) is 13.1. The van der Waals surface area contributed by atoms with Crippen LogP contribution < -0.4 is 10.6 Å². The minimum atomic E-state index is -0.578. The van der Waals surface area contributed by atoms with Gasteiger partial charge >= 0.3 is 0 Å². The Hall–Kier alpha value is -2.18. The third-order valence-electron chi connectivity index (χ3n) is 5.12. The Bertz CT molecular complexity index is 740. The zero-order chi connectivity index (χ0) is 19.8. The third kappa shape index (κ3) is 5.91. The first kappa shape index (κ1) is 20.6. The van der Waals surface area contributed by atoms with Crippen LogP contribution in [0.15, 0.2) is 47.8 Å². The van der Waals surface area contributed by atoms with Crippen LogP contribution in [0.2, 0.25) is 0 Å². The van der Waals surface area contributed by atoms with Crippen LogP contribution >= 0.6 is 11.3 Å². The molecule has 1 aliphatic rings. The average molecular weight is 400 g/mol. The minimum Gasteiger partial charge on any atom is -0.351 e. The van der Waals surface area contributed by atoms with Gasteiger partial charge in [0.15, 0.2) is 0 Å². The summed E-state index contributed by atoms with van der Waals surface area (Å²) in [6.45, 7) is 5.35. The first-order valence-electron chi connectivity index (χ1n) is 10.1. The van der Waals surface area contributed by atoms with E-state index in [0.717, 1.165) is 44.5 Å². The summed E-state index contributed by atoms with van der Waals surface area (Å²) in [5.41, 5.74) is 1.03. The van der Waals surface area contributed by atoms with Gasteiger partial charge in [0.2, 0.25) is 5.91 Å². The number of thiophene rings is 1. The number of piperidine rings is 1. The highest BCUT2D eigenvalue weighted by Gasteiger charge is 2.26. The number of carbonyl (C=O) groups excluding carboxylic acids is 2. The quantitative estimate of drug-likeness (QED) is 0.717. The molecule has 1 fully saturated rings. The van der Waals surface area contributed by atoms with Gasteiger partial charge in [-0.25, -0.2) is 0 Å². The first-order valence-corrected chi connectivity index (χ1v) is 10.9. The van der Waals surface area contributed by atoms with Crippen LogP contribution in [0.1, 0.15) is 41.4 Å². The Morgan fingerprint density at radius 2 is 1.89 bits per heavy atom. The van der Waals surface area contributed by atoms with Gasteiger partial charge in [-0.05, 0) is 42.8 Å². The largest absolute Gasteiger partial charge is 0.351 e. The van der Waals surface area contributed by atoms with Crippen LogP contribution in [0.5, 0.6) is 0 Å². The molecule has 1 saturated heterocycles. The summed E-state index contributed by atoms with van der Waals surface area (Å²) in [7, 11) is 0. The molecule has 0 aliphatic carbocycles. The molecule has 6 heteroatoms. The normalized spacial score (nSPS) is 16.5. The molecule has 28 heavy (non-hydrogen) atoms. The van der Waals surface area contributed by atoms with Crippen molar-refractivity contribution in [2.75, 3.05) is 19.6 Å². The Labute approximate surface area is 171 Å². The monoisotopic (exact) mass is 399 g/mol. The Morgan fingerprint density at radius 1 is 1.14 bits per heavy atom. The van der Waals surface area contributed by atoms with E-state index in [1.54, 1.807) is 6.07 Å². The Kier molecular flexibility index (Phi) is 7.62. The molecule has 5 nitrogen and oxygen atoms in total. The van der Waals surface area contributed by atoms with Gasteiger partial charge in [-0.2, -0.15) is 0 Å². The van der Waals surface area contributed by atoms with E-state index in [1.807, 2.05) is 41.8 Å². The molecule has 150 valence electrons. The van der Waals surface area contributed by atoms with Crippen molar-refractivity contribution in [2.45, 2.75) is 44.7 Å². The predicted octanol–water partition coefficient (Wildman–Crippen LogP) is 3.08. The number of benzene rings is 1. The van der Waals surface area contributed by atoms with E-state index in [2.05, 4.69) is 22.5 Å². The zero-order valence-corrected chi connectivity index (χ0v) is 17.2. The fourth-order valence-electron chi connectivity index (χ4n) is 3.62. The molecule has 3 rings (SSSR count). The van der Waals surface area contributed by atoms with Crippen molar-refractivity contribution in [1.82, 2.24) is 15.5 Å². The molecule has 1 aromatic heterocycles. The highest BCUT2D eigenvalue weighted by molar-refractivity contribution is 7.12. The van der Waals surface area contributed by atoms with Gasteiger partial charge in [0.25, 0.3) is 5.91 Å². The maximum Gasteiger partial charge on any atom is 0.262 e. The summed E-state index contributed by atoms with van der Waals surface area (Å²) in [5, 5.41) is 7.98. The number of likely N-dealkylation sites (tertiary alicyclic amines) is 1. The summed E-state index contributed by atoms with van der Waals surface area (Å²) < 4.78 is 0. The van der Waals surface area contributed by atoms with Crippen molar-refractivity contribution in [3.63, 3.8) is 0 Å². The molecule has 1 aromatic carbocycles. The van der Waals surface area contributed by atoms with Crippen molar-refractivity contribution >= 4 is 23.2 Å². The second kappa shape index (κ2) is 10.4. The summed E-state index contributed by atoms with van der Waals surface area (Å²) in [5.74, 6) is -0.286. The third-order valence-corrected chi connectivity index (χ3v) is 5.99. The fourth-order valence-corrected chi connectivity index (χ4v) is 4.24. The smallest absolute Gasteiger partial charge is 0.262 e. The molecule has 1 aliphatic heterocycles. The van der Waals surface area contributed by atoms with Crippen LogP contribution in [0.4, 0.5) is 0 Å². The number of carbonyl (C=O) groups is 2. The maximum atomic E-state index is 13.0. The molecule has 2 amide bonds. The lowest BCUT2D eigenvalue weighted by molar-refractivity contribution is -0.124. The Morgan fingerprint density at radius 3 is 2.54 bits per heavy atom. The van der Waals surface area contributed by atoms with Gasteiger partial charge in [0.1, 0.15) is 6.04 Å². The number of amides is 2. The van der Waals surface area contributed by atoms with Gasteiger partial charge in [0.05, 0.1) is 4.88 Å². The lowest BCUT2D eigenvalue weighted by Gasteiger charge is -2.33. The number of nitrogens with one attached hydrogen (secondary N) is 2. The van der Waals surface area contributed by atoms with Gasteiger partial charge < -0.3 is 15.5 Å². The molecule has 0 spiro atoms. The molecular formula is C22H29N3O2S. The van der Waals surface area contributed by atoms with Crippen molar-refractivity contribution in [3.8, 4) is 0 Å². The van der Waals surface area contributed by atoms with Gasteiger partial charge in [0, 0.05) is 25.6 Å². The standard InChI is InChI=1S/C22H29N3O2S/c1-2-12-25-13-10-18(11-14-25)23-21(26)19(16-17-7-4-3-5-8-17)24-22(27)20-9-6-15-28-20/h3-9,15,18-19H,2,10-14,16H2,1H3,(H,23,26)(H,24,27). The van der Waals surface area contributed by atoms with Crippen LogP contribution in [0.25, 0.3) is 0 Å². The van der Waals surface area contributed by atoms with Crippen LogP contribution in [0, 0.1) is 0 Å². The van der Waals surface area contributed by atoms with Gasteiger partial charge in [-0.1, -0.05) is 43.3 Å². The predicted molar refractivity (Wildman–Crippen MR) is 114 cm³/mol. The molecule has 1 unspecified atom stereocenters. The van der Waals surface area contributed by atoms with Crippen molar-refractivity contribution < 1.29 is 9.59 Å². The fraction of sp³-hybridized carbons (Fsp3) is 0.455. The lowest BCUT2D eigenvalue weighted by Crippen LogP contribution is -2.52. The summed E-state index contributed by atoms with van der Waals surface area (Å²) in [6.07, 6.45) is 3.56. The molecular weight excluding hydrogens is 370 g/mol. The van der Waals surface area contributed by atoms with E-state index in [1.165, 1.54) is 11.3 Å². The molecule has 2 N–H and O–H groups in total. The molecule has 2 aromatic rings. The second-order valence-electron chi connectivity index (χ2n) is 7.32. The van der Waals surface area contributed by atoms with E-state index in [4.69, 9.17) is 0 Å². The lowest BCUT2D eigenvalue weighted by atomic mass is 10.0. The SMILES string of the molecule is CCCN1CCC(NC(=O)C(Cc2ccccc2)NC(=O)c2cccs2)CC1. The van der Waals surface area contributed by atoms with Crippen LogP contribution in [-0.2, 0) is 11.2 Å². The first-order chi connectivity index (χ1) is 13.7. The van der Waals surface area contributed by atoms with Crippen molar-refractivity contribution in [3.05, 3.63) is 58.3 Å². The van der Waals surface area contributed by atoms with Crippen molar-refractivity contribution in [2.24, 2.45) is 0 Å². The van der Waals surface area contributed by atoms with Gasteiger partial charge in [-0.15, -0.1) is 11.3 Å². The van der Waals surface area contributed by atoms with Gasteiger partial charge in [-0.3, -0.25) is 9.59 Å². The minimum absolute atomic E-state index is 0.0947. The topological polar surface area (TPSA) is 61.4 Å². The zero-order valence-electron chi connectivity index (χ0n) is 16.4. The number of hydrogen-bond donors (Lipinski definition) is 2. The van der Waals surface area contributed by atoms with Crippen molar-refractivity contribution in [1.29, 1.82) is 0 Å². The number of hydrogen-bond acceptors (Lipinski definition) is 4. The number of rotatable bonds is 8. The second-order valence-corrected chi connectivity index (χ2v) is 8.27. The molecule has 1 atom stereocenters.